The van der Waals surface area contributed by atoms with E-state index in [4.69, 9.17) is 0 Å². The van der Waals surface area contributed by atoms with Gasteiger partial charge in [0.15, 0.2) is 5.69 Å². The van der Waals surface area contributed by atoms with E-state index in [1.807, 2.05) is 0 Å². The van der Waals surface area contributed by atoms with Crippen LogP contribution < -0.4 is 5.69 Å². The van der Waals surface area contributed by atoms with Gasteiger partial charge in [-0.25, -0.2) is 18.9 Å². The van der Waals surface area contributed by atoms with Gasteiger partial charge in [-0.2, -0.15) is 18.3 Å². The maximum atomic E-state index is 12.9. The van der Waals surface area contributed by atoms with Crippen molar-refractivity contribution in [3.8, 4) is 0 Å². The molecule has 0 fully saturated rings. The molecule has 0 aliphatic carbocycles. The second kappa shape index (κ2) is 5.99. The highest BCUT2D eigenvalue weighted by atomic mass is 19.4. The Morgan fingerprint density at radius 2 is 2.08 bits per heavy atom. The topological polar surface area (TPSA) is 65.6 Å². The predicted octanol–water partition coefficient (Wildman–Crippen LogP) is 2.14. The minimum Gasteiger partial charge on any atom is -0.270 e. The number of rotatable bonds is 4. The van der Waals surface area contributed by atoms with Gasteiger partial charge in [-0.1, -0.05) is 0 Å². The fraction of sp³-hybridized carbons (Fsp3) is 0.571. The molecule has 0 amide bonds. The first-order valence-electron chi connectivity index (χ1n) is 7.49. The maximum Gasteiger partial charge on any atom is 0.434 e. The third-order valence-corrected chi connectivity index (χ3v) is 3.94. The van der Waals surface area contributed by atoms with Crippen LogP contribution in [-0.4, -0.2) is 30.5 Å². The average Bonchev–Trinajstić information content (AvgIpc) is 3.05. The third kappa shape index (κ3) is 3.04. The Morgan fingerprint density at radius 3 is 2.67 bits per heavy atom. The average molecular weight is 345 g/mol. The number of fused-ring (bicyclic) bond motifs is 1. The Hall–Kier alpha value is -2.26. The first-order chi connectivity index (χ1) is 11.3. The number of hydrogen-bond donors (Lipinski definition) is 0. The van der Waals surface area contributed by atoms with E-state index in [1.54, 1.807) is 0 Å². The van der Waals surface area contributed by atoms with Crippen LogP contribution in [0, 0.1) is 0 Å². The summed E-state index contributed by atoms with van der Waals surface area (Å²) in [6.07, 6.45) is -2.73. The van der Waals surface area contributed by atoms with Crippen molar-refractivity contribution in [1.82, 2.24) is 24.3 Å². The molecule has 130 valence electrons. The van der Waals surface area contributed by atoms with Gasteiger partial charge < -0.3 is 0 Å². The number of alkyl halides is 4. The van der Waals surface area contributed by atoms with Gasteiger partial charge >= 0.3 is 11.9 Å². The lowest BCUT2D eigenvalue weighted by Crippen LogP contribution is -2.28. The number of hydrogen-bond acceptors (Lipinski definition) is 4. The quantitative estimate of drug-likeness (QED) is 0.797. The highest BCUT2D eigenvalue weighted by Crippen LogP contribution is 2.30. The van der Waals surface area contributed by atoms with Crippen LogP contribution in [0.3, 0.4) is 0 Å². The van der Waals surface area contributed by atoms with Gasteiger partial charge in [0.25, 0.3) is 0 Å². The predicted molar refractivity (Wildman–Crippen MR) is 75.2 cm³/mol. The SMILES string of the molecule is CC(F)CCn1nc2n(c1=O)C(c1cnc(C(F)(F)F)cn1)CC2. The summed E-state index contributed by atoms with van der Waals surface area (Å²) >= 11 is 0. The van der Waals surface area contributed by atoms with Crippen molar-refractivity contribution in [2.24, 2.45) is 0 Å². The van der Waals surface area contributed by atoms with E-state index in [-0.39, 0.29) is 18.7 Å². The largest absolute Gasteiger partial charge is 0.434 e. The van der Waals surface area contributed by atoms with Crippen LogP contribution in [0.25, 0.3) is 0 Å². The lowest BCUT2D eigenvalue weighted by molar-refractivity contribution is -0.141. The first-order valence-corrected chi connectivity index (χ1v) is 7.49. The molecule has 2 aromatic rings. The molecule has 0 aromatic carbocycles. The summed E-state index contributed by atoms with van der Waals surface area (Å²) in [5, 5.41) is 4.17. The molecule has 0 radical (unpaired) electrons. The Labute approximate surface area is 134 Å². The zero-order valence-electron chi connectivity index (χ0n) is 12.8. The Bertz CT molecular complexity index is 778. The van der Waals surface area contributed by atoms with Crippen LogP contribution >= 0.6 is 0 Å². The summed E-state index contributed by atoms with van der Waals surface area (Å²) in [6.45, 7) is 1.55. The second-order valence-corrected chi connectivity index (χ2v) is 5.74. The smallest absolute Gasteiger partial charge is 0.270 e. The molecule has 2 aromatic heterocycles. The number of nitrogens with zero attached hydrogens (tertiary/aromatic N) is 5. The van der Waals surface area contributed by atoms with Crippen LogP contribution in [0.15, 0.2) is 17.2 Å². The molecule has 0 bridgehead atoms. The van der Waals surface area contributed by atoms with Gasteiger partial charge in [-0.15, -0.1) is 0 Å². The molecule has 0 saturated heterocycles. The molecule has 24 heavy (non-hydrogen) atoms. The minimum absolute atomic E-state index is 0.155. The Kier molecular flexibility index (Phi) is 4.14. The molecule has 1 aliphatic heterocycles. The number of aryl methyl sites for hydroxylation is 2. The van der Waals surface area contributed by atoms with Crippen molar-refractivity contribution >= 4 is 0 Å². The van der Waals surface area contributed by atoms with Crippen LogP contribution in [0.2, 0.25) is 0 Å². The van der Waals surface area contributed by atoms with E-state index in [9.17, 15) is 22.4 Å². The van der Waals surface area contributed by atoms with Gasteiger partial charge in [0.05, 0.1) is 30.3 Å². The van der Waals surface area contributed by atoms with Gasteiger partial charge in [-0.3, -0.25) is 9.55 Å². The van der Waals surface area contributed by atoms with Crippen LogP contribution in [0.1, 0.15) is 43.0 Å². The third-order valence-electron chi connectivity index (χ3n) is 3.94. The highest BCUT2D eigenvalue weighted by Gasteiger charge is 2.34. The van der Waals surface area contributed by atoms with Crippen LogP contribution in [0.5, 0.6) is 0 Å². The molecule has 2 unspecified atom stereocenters. The molecule has 0 saturated carbocycles. The molecular formula is C14H15F4N5O. The lowest BCUT2D eigenvalue weighted by Gasteiger charge is -2.12. The Balaban J connectivity index is 1.88. The molecular weight excluding hydrogens is 330 g/mol. The van der Waals surface area contributed by atoms with E-state index in [1.165, 1.54) is 16.2 Å². The zero-order chi connectivity index (χ0) is 17.5. The van der Waals surface area contributed by atoms with Crippen molar-refractivity contribution in [2.75, 3.05) is 0 Å². The van der Waals surface area contributed by atoms with Crippen LogP contribution in [-0.2, 0) is 19.1 Å². The van der Waals surface area contributed by atoms with Crippen molar-refractivity contribution in [1.29, 1.82) is 0 Å². The van der Waals surface area contributed by atoms with Crippen molar-refractivity contribution in [2.45, 2.75) is 51.1 Å². The standard InChI is InChI=1S/C14H15F4N5O/c1-8(15)4-5-22-13(24)23-10(2-3-12(23)21-22)9-6-20-11(7-19-9)14(16,17)18/h6-8,10H,2-5H2,1H3. The van der Waals surface area contributed by atoms with E-state index in [0.29, 0.717) is 24.9 Å². The molecule has 0 spiro atoms. The van der Waals surface area contributed by atoms with Gasteiger partial charge in [0.1, 0.15) is 5.82 Å². The lowest BCUT2D eigenvalue weighted by atomic mass is 10.1. The summed E-state index contributed by atoms with van der Waals surface area (Å²) in [6, 6.07) is -0.501. The van der Waals surface area contributed by atoms with Gasteiger partial charge in [0.2, 0.25) is 0 Å². The monoisotopic (exact) mass is 345 g/mol. The summed E-state index contributed by atoms with van der Waals surface area (Å²) < 4.78 is 53.2. The first kappa shape index (κ1) is 16.6. The zero-order valence-corrected chi connectivity index (χ0v) is 12.8. The molecule has 10 heteroatoms. The molecule has 1 aliphatic rings. The number of aromatic nitrogens is 5. The fourth-order valence-electron chi connectivity index (χ4n) is 2.73. The number of halogens is 4. The van der Waals surface area contributed by atoms with E-state index < -0.39 is 29.8 Å². The molecule has 2 atom stereocenters. The molecule has 3 heterocycles. The van der Waals surface area contributed by atoms with Gasteiger partial charge in [-0.05, 0) is 19.8 Å². The van der Waals surface area contributed by atoms with Gasteiger partial charge in [0, 0.05) is 13.0 Å². The summed E-state index contributed by atoms with van der Waals surface area (Å²) in [5.41, 5.74) is -1.21. The molecule has 0 N–H and O–H groups in total. The summed E-state index contributed by atoms with van der Waals surface area (Å²) in [4.78, 5) is 19.6. The highest BCUT2D eigenvalue weighted by molar-refractivity contribution is 5.14. The fourth-order valence-corrected chi connectivity index (χ4v) is 2.73. The summed E-state index contributed by atoms with van der Waals surface area (Å²) in [7, 11) is 0. The van der Waals surface area contributed by atoms with E-state index in [2.05, 4.69) is 15.1 Å². The summed E-state index contributed by atoms with van der Waals surface area (Å²) in [5.74, 6) is 0.526. The maximum absolute atomic E-state index is 12.9. The van der Waals surface area contributed by atoms with Crippen molar-refractivity contribution in [3.05, 3.63) is 40.1 Å². The van der Waals surface area contributed by atoms with E-state index >= 15 is 0 Å². The van der Waals surface area contributed by atoms with Crippen molar-refractivity contribution < 1.29 is 17.6 Å². The molecule has 3 rings (SSSR count). The Morgan fingerprint density at radius 1 is 1.33 bits per heavy atom. The van der Waals surface area contributed by atoms with Crippen LogP contribution in [0.4, 0.5) is 17.6 Å². The molecule has 6 nitrogen and oxygen atoms in total. The second-order valence-electron chi connectivity index (χ2n) is 5.74. The van der Waals surface area contributed by atoms with Crippen molar-refractivity contribution in [3.63, 3.8) is 0 Å². The normalized spacial score (nSPS) is 18.6. The minimum atomic E-state index is -4.56. The van der Waals surface area contributed by atoms with E-state index in [0.717, 1.165) is 6.20 Å².